The van der Waals surface area contributed by atoms with Gasteiger partial charge in [-0.05, 0) is 42.3 Å². The summed E-state index contributed by atoms with van der Waals surface area (Å²) in [6.45, 7) is 1.81. The van der Waals surface area contributed by atoms with Gasteiger partial charge in [0.2, 0.25) is 0 Å². The third-order valence-electron chi connectivity index (χ3n) is 3.61. The van der Waals surface area contributed by atoms with Crippen molar-refractivity contribution < 1.29 is 22.7 Å². The third-order valence-corrected chi connectivity index (χ3v) is 3.83. The van der Waals surface area contributed by atoms with E-state index in [1.807, 2.05) is 19.1 Å². The Balaban J connectivity index is 1.85. The van der Waals surface area contributed by atoms with Gasteiger partial charge in [0.05, 0.1) is 5.56 Å². The molecular weight excluding hydrogens is 343 g/mol. The number of oxime groups is 1. The second-order valence-electron chi connectivity index (χ2n) is 5.42. The van der Waals surface area contributed by atoms with Crippen molar-refractivity contribution >= 4 is 16.8 Å². The van der Waals surface area contributed by atoms with E-state index in [1.165, 1.54) is 12.1 Å². The third kappa shape index (κ3) is 3.64. The highest BCUT2D eigenvalue weighted by Gasteiger charge is 2.30. The van der Waals surface area contributed by atoms with Crippen molar-refractivity contribution in [1.82, 2.24) is 0 Å². The fourth-order valence-corrected chi connectivity index (χ4v) is 2.50. The van der Waals surface area contributed by atoms with E-state index in [0.29, 0.717) is 17.3 Å². The first-order chi connectivity index (χ1) is 11.3. The number of benzene rings is 2. The summed E-state index contributed by atoms with van der Waals surface area (Å²) in [6.07, 6.45) is -4.28. The van der Waals surface area contributed by atoms with Crippen LogP contribution in [0.5, 0.6) is 11.5 Å². The Morgan fingerprint density at radius 1 is 1.21 bits per heavy atom. The first-order valence-corrected chi connectivity index (χ1v) is 7.54. The normalized spacial score (nSPS) is 17.4. The van der Waals surface area contributed by atoms with E-state index in [1.54, 1.807) is 6.07 Å². The van der Waals surface area contributed by atoms with Gasteiger partial charge in [-0.1, -0.05) is 35.0 Å². The Morgan fingerprint density at radius 3 is 2.67 bits per heavy atom. The van der Waals surface area contributed by atoms with Crippen LogP contribution < -0.4 is 4.74 Å². The van der Waals surface area contributed by atoms with E-state index in [-0.39, 0.29) is 11.9 Å². The van der Waals surface area contributed by atoms with Crippen molar-refractivity contribution in [2.24, 2.45) is 5.16 Å². The Kier molecular flexibility index (Phi) is 4.41. The zero-order chi connectivity index (χ0) is 17.3. The van der Waals surface area contributed by atoms with Crippen molar-refractivity contribution in [2.75, 3.05) is 0 Å². The minimum atomic E-state index is -4.41. The summed E-state index contributed by atoms with van der Waals surface area (Å²) in [7, 11) is 0. The van der Waals surface area contributed by atoms with Crippen molar-refractivity contribution in [2.45, 2.75) is 25.6 Å². The number of aryl methyl sites for hydroxylation is 1. The summed E-state index contributed by atoms with van der Waals surface area (Å²) in [4.78, 5) is 5.21. The van der Waals surface area contributed by atoms with Gasteiger partial charge < -0.3 is 9.57 Å². The summed E-state index contributed by atoms with van der Waals surface area (Å²) in [5.41, 5.74) is 0.830. The van der Waals surface area contributed by atoms with Crippen LogP contribution in [0, 0.1) is 6.92 Å². The van der Waals surface area contributed by atoms with Gasteiger partial charge in [-0.15, -0.1) is 0 Å². The fraction of sp³-hybridized carbons (Fsp3) is 0.235. The second kappa shape index (κ2) is 6.36. The summed E-state index contributed by atoms with van der Waals surface area (Å²) in [5, 5.41) is 4.06. The summed E-state index contributed by atoms with van der Waals surface area (Å²) < 4.78 is 44.0. The van der Waals surface area contributed by atoms with Gasteiger partial charge in [-0.25, -0.2) is 0 Å². The maximum absolute atomic E-state index is 12.8. The molecule has 0 aromatic heterocycles. The zero-order valence-electron chi connectivity index (χ0n) is 12.6. The van der Waals surface area contributed by atoms with E-state index in [0.717, 1.165) is 23.3 Å². The maximum Gasteiger partial charge on any atom is 0.416 e. The fourth-order valence-electron chi connectivity index (χ4n) is 2.32. The molecule has 7 heteroatoms. The quantitative estimate of drug-likeness (QED) is 0.694. The molecule has 0 bridgehead atoms. The van der Waals surface area contributed by atoms with E-state index in [4.69, 9.17) is 21.2 Å². The molecule has 1 aliphatic rings. The average molecular weight is 356 g/mol. The van der Waals surface area contributed by atoms with Gasteiger partial charge in [-0.3, -0.25) is 0 Å². The first kappa shape index (κ1) is 16.6. The predicted molar refractivity (Wildman–Crippen MR) is 84.4 cm³/mol. The van der Waals surface area contributed by atoms with Crippen LogP contribution in [0.1, 0.15) is 29.2 Å². The lowest BCUT2D eigenvalue weighted by Crippen LogP contribution is -2.04. The van der Waals surface area contributed by atoms with Crippen LogP contribution in [0.15, 0.2) is 47.6 Å². The molecule has 0 saturated heterocycles. The molecule has 3 rings (SSSR count). The van der Waals surface area contributed by atoms with E-state index >= 15 is 0 Å². The smallest absolute Gasteiger partial charge is 0.416 e. The Hall–Kier alpha value is -2.21. The number of rotatable bonds is 3. The molecule has 0 spiro atoms. The highest BCUT2D eigenvalue weighted by atomic mass is 35.5. The van der Waals surface area contributed by atoms with Crippen molar-refractivity contribution in [3.05, 3.63) is 59.2 Å². The van der Waals surface area contributed by atoms with Gasteiger partial charge in [-0.2, -0.15) is 13.2 Å². The molecular formula is C17H13ClF3NO2. The summed E-state index contributed by atoms with van der Waals surface area (Å²) in [6, 6.07) is 10.2. The van der Waals surface area contributed by atoms with Crippen LogP contribution in [0.25, 0.3) is 0 Å². The lowest BCUT2D eigenvalue weighted by Gasteiger charge is -2.14. The van der Waals surface area contributed by atoms with Gasteiger partial charge in [0, 0.05) is 6.42 Å². The molecule has 0 fully saturated rings. The minimum Gasteiger partial charge on any atom is -0.457 e. The molecule has 0 amide bonds. The number of halogens is 4. The Morgan fingerprint density at radius 2 is 2.00 bits per heavy atom. The molecule has 0 radical (unpaired) electrons. The number of hydrogen-bond acceptors (Lipinski definition) is 3. The zero-order valence-corrected chi connectivity index (χ0v) is 13.4. The van der Waals surface area contributed by atoms with Gasteiger partial charge in [0.15, 0.2) is 6.10 Å². The van der Waals surface area contributed by atoms with Crippen LogP contribution in [0.2, 0.25) is 0 Å². The molecule has 1 heterocycles. The first-order valence-electron chi connectivity index (χ1n) is 7.17. The van der Waals surface area contributed by atoms with Crippen LogP contribution in [-0.2, 0) is 11.0 Å². The molecule has 24 heavy (non-hydrogen) atoms. The van der Waals surface area contributed by atoms with Gasteiger partial charge in [0.25, 0.3) is 0 Å². The maximum atomic E-state index is 12.8. The molecule has 1 atom stereocenters. The standard InChI is InChI=1S/C17H13ClF3NO2/c1-10-5-6-11(15-9-16(18)22-24-15)7-14(10)23-13-4-2-3-12(8-13)17(19,20)21/h2-8,15H,9H2,1H3/t15-/m1/s1. The lowest BCUT2D eigenvalue weighted by atomic mass is 10.0. The van der Waals surface area contributed by atoms with Crippen molar-refractivity contribution in [3.8, 4) is 11.5 Å². The van der Waals surface area contributed by atoms with Crippen LogP contribution in [0.4, 0.5) is 13.2 Å². The predicted octanol–water partition coefficient (Wildman–Crippen LogP) is 5.82. The highest BCUT2D eigenvalue weighted by Crippen LogP contribution is 2.35. The molecule has 2 aromatic carbocycles. The van der Waals surface area contributed by atoms with E-state index in [2.05, 4.69) is 5.16 Å². The Bertz CT molecular complexity index is 790. The molecule has 0 saturated carbocycles. The van der Waals surface area contributed by atoms with Crippen LogP contribution in [0.3, 0.4) is 0 Å². The number of hydrogen-bond donors (Lipinski definition) is 0. The molecule has 1 aliphatic heterocycles. The summed E-state index contributed by atoms with van der Waals surface area (Å²) in [5.74, 6) is 0.574. The van der Waals surface area contributed by atoms with Crippen molar-refractivity contribution in [1.29, 1.82) is 0 Å². The lowest BCUT2D eigenvalue weighted by molar-refractivity contribution is -0.137. The van der Waals surface area contributed by atoms with E-state index < -0.39 is 11.7 Å². The monoisotopic (exact) mass is 355 g/mol. The molecule has 2 aromatic rings. The number of ether oxygens (including phenoxy) is 1. The molecule has 0 unspecified atom stereocenters. The molecule has 126 valence electrons. The number of nitrogens with zero attached hydrogens (tertiary/aromatic N) is 1. The van der Waals surface area contributed by atoms with Crippen molar-refractivity contribution in [3.63, 3.8) is 0 Å². The Labute approximate surface area is 141 Å². The SMILES string of the molecule is Cc1ccc([C@H]2CC(Cl)=NO2)cc1Oc1cccc(C(F)(F)F)c1. The van der Waals surface area contributed by atoms with Gasteiger partial charge in [0.1, 0.15) is 16.7 Å². The average Bonchev–Trinajstić information content (AvgIpc) is 2.95. The van der Waals surface area contributed by atoms with Gasteiger partial charge >= 0.3 is 6.18 Å². The molecule has 0 N–H and O–H groups in total. The van der Waals surface area contributed by atoms with Crippen LogP contribution in [-0.4, -0.2) is 5.17 Å². The minimum absolute atomic E-state index is 0.117. The summed E-state index contributed by atoms with van der Waals surface area (Å²) >= 11 is 5.80. The molecule has 0 aliphatic carbocycles. The largest absolute Gasteiger partial charge is 0.457 e. The molecule has 3 nitrogen and oxygen atoms in total. The topological polar surface area (TPSA) is 30.8 Å². The highest BCUT2D eigenvalue weighted by molar-refractivity contribution is 6.65. The van der Waals surface area contributed by atoms with Crippen LogP contribution >= 0.6 is 11.6 Å². The second-order valence-corrected chi connectivity index (χ2v) is 5.85. The van der Waals surface area contributed by atoms with E-state index in [9.17, 15) is 13.2 Å². The number of alkyl halides is 3.